The van der Waals surface area contributed by atoms with Gasteiger partial charge in [-0.3, -0.25) is 37.3 Å². The molecule has 0 aromatic carbocycles. The lowest BCUT2D eigenvalue weighted by Crippen LogP contribution is -2.30. The average Bonchev–Trinajstić information content (AvgIpc) is 0.999. The monoisotopic (exact) mass is 1500 g/mol. The van der Waals surface area contributed by atoms with Crippen LogP contribution in [0.15, 0.2) is 134 Å². The van der Waals surface area contributed by atoms with Crippen molar-refractivity contribution >= 4 is 39.5 Å². The number of phosphoric ester groups is 2. The van der Waals surface area contributed by atoms with Gasteiger partial charge in [-0.15, -0.1) is 0 Å². The van der Waals surface area contributed by atoms with Gasteiger partial charge in [-0.1, -0.05) is 309 Å². The van der Waals surface area contributed by atoms with Gasteiger partial charge in [0.15, 0.2) is 12.2 Å². The SMILES string of the molecule is CC/C=C\C/C=C\C/C=C\C/C=C\C/C=C\CC(=O)OC(COC(=O)CCCCCCCC/C=C\C/C=C\C/C=C\CCCCC)COP(=O)(O)OCC(O)COP(=O)(O)OCC(COC(=O)CCCCCCC/C=C\C/C=C\C/C=C\CC)OC(=O)CCCCCCCCCCCCCCCCC. The Bertz CT molecular complexity index is 2490. The average molecular weight is 1500 g/mol. The zero-order chi connectivity index (χ0) is 76.0. The normalized spacial score (nSPS) is 14.6. The molecule has 0 rings (SSSR count). The number of aliphatic hydroxyl groups is 1. The number of carbonyl (C=O) groups is 4. The highest BCUT2D eigenvalue weighted by Crippen LogP contribution is 2.45. The topological polar surface area (TPSA) is 237 Å². The fourth-order valence-electron chi connectivity index (χ4n) is 10.6. The number of carbonyl (C=O) groups excluding carboxylic acids is 4. The molecule has 0 aliphatic heterocycles. The van der Waals surface area contributed by atoms with Crippen molar-refractivity contribution in [2.75, 3.05) is 39.6 Å². The number of phosphoric acid groups is 2. The molecule has 0 bridgehead atoms. The number of ether oxygens (including phenoxy) is 4. The summed E-state index contributed by atoms with van der Waals surface area (Å²) in [5, 5.41) is 10.6. The Morgan fingerprint density at radius 2 is 0.538 bits per heavy atom. The van der Waals surface area contributed by atoms with Gasteiger partial charge >= 0.3 is 39.5 Å². The van der Waals surface area contributed by atoms with Crippen LogP contribution in [0, 0.1) is 0 Å². The molecular formula is C85H144O17P2. The first kappa shape index (κ1) is 99.2. The van der Waals surface area contributed by atoms with Crippen molar-refractivity contribution in [3.63, 3.8) is 0 Å². The third-order valence-corrected chi connectivity index (χ3v) is 18.5. The highest BCUT2D eigenvalue weighted by molar-refractivity contribution is 7.47. The first-order valence-electron chi connectivity index (χ1n) is 40.4. The highest BCUT2D eigenvalue weighted by Gasteiger charge is 2.30. The summed E-state index contributed by atoms with van der Waals surface area (Å²) in [5.74, 6) is -2.35. The van der Waals surface area contributed by atoms with E-state index in [4.69, 9.17) is 37.0 Å². The van der Waals surface area contributed by atoms with Gasteiger partial charge in [-0.05, 0) is 122 Å². The van der Waals surface area contributed by atoms with Gasteiger partial charge in [0, 0.05) is 19.3 Å². The van der Waals surface area contributed by atoms with Crippen LogP contribution in [-0.4, -0.2) is 96.7 Å². The second-order valence-electron chi connectivity index (χ2n) is 26.6. The van der Waals surface area contributed by atoms with Crippen LogP contribution >= 0.6 is 15.6 Å². The molecular weight excluding hydrogens is 1350 g/mol. The van der Waals surface area contributed by atoms with Crippen LogP contribution in [0.5, 0.6) is 0 Å². The summed E-state index contributed by atoms with van der Waals surface area (Å²) >= 11 is 0. The molecule has 19 heteroatoms. The summed E-state index contributed by atoms with van der Waals surface area (Å²) < 4.78 is 68.5. The molecule has 3 N–H and O–H groups in total. The van der Waals surface area contributed by atoms with E-state index in [1.807, 2.05) is 12.2 Å². The standard InChI is InChI=1S/C85H144O17P2/c1-5-9-13-17-21-25-29-33-37-38-39-40-44-46-50-54-58-62-66-70-83(88)96-76-81(102-85(90)72-68-64-60-56-52-48-43-36-32-28-24-20-16-12-8-4)78-100-104(93,94)98-74-79(86)73-97-103(91,92)99-77-80(101-84(89)71-67-63-59-55-51-47-42-35-31-27-23-19-15-11-7-3)75-95-82(87)69-65-61-57-53-49-45-41-34-30-26-22-18-14-10-6-2/h10,12,14,16,21-22,24-26,28,33-34,36-37,39-41,43,52,56,64,68,79-81,86H,5-9,11,13,15,17-20,23,27,29-32,35,38,42,44-51,53-55,57-63,65-67,69-78H2,1-4H3,(H,91,92)(H,93,94)/b14-10-,16-12-,25-21-,26-22-,28-24-,37-33-,40-39-,41-34-,43-36-,56-52-,68-64-. The third kappa shape index (κ3) is 75.4. The smallest absolute Gasteiger partial charge is 0.462 e. The van der Waals surface area contributed by atoms with Gasteiger partial charge in [0.2, 0.25) is 0 Å². The van der Waals surface area contributed by atoms with Crippen LogP contribution in [0.1, 0.15) is 323 Å². The minimum absolute atomic E-state index is 0.0893. The lowest BCUT2D eigenvalue weighted by Gasteiger charge is -2.21. The van der Waals surface area contributed by atoms with Crippen LogP contribution < -0.4 is 0 Å². The largest absolute Gasteiger partial charge is 0.472 e. The Kier molecular flexibility index (Phi) is 72.9. The van der Waals surface area contributed by atoms with Crippen molar-refractivity contribution < 1.29 is 80.2 Å². The van der Waals surface area contributed by atoms with Crippen molar-refractivity contribution in [2.24, 2.45) is 0 Å². The summed E-state index contributed by atoms with van der Waals surface area (Å²) in [7, 11) is -10.00. The first-order chi connectivity index (χ1) is 50.7. The van der Waals surface area contributed by atoms with Gasteiger partial charge in [0.25, 0.3) is 0 Å². The zero-order valence-corrected chi connectivity index (χ0v) is 66.9. The van der Waals surface area contributed by atoms with E-state index < -0.39 is 97.5 Å². The molecule has 0 saturated heterocycles. The fourth-order valence-corrected chi connectivity index (χ4v) is 12.1. The van der Waals surface area contributed by atoms with Crippen LogP contribution in [-0.2, 0) is 65.4 Å². The van der Waals surface area contributed by atoms with Crippen molar-refractivity contribution in [2.45, 2.75) is 341 Å². The summed E-state index contributed by atoms with van der Waals surface area (Å²) in [4.78, 5) is 73.0. The molecule has 0 aliphatic rings. The molecule has 0 radical (unpaired) electrons. The number of unbranched alkanes of at least 4 members (excludes halogenated alkanes) is 28. The van der Waals surface area contributed by atoms with Crippen molar-refractivity contribution in [3.05, 3.63) is 134 Å². The number of rotatable bonds is 75. The summed E-state index contributed by atoms with van der Waals surface area (Å²) in [5.41, 5.74) is 0. The van der Waals surface area contributed by atoms with E-state index in [9.17, 15) is 43.2 Å². The maximum atomic E-state index is 13.1. The van der Waals surface area contributed by atoms with E-state index in [0.29, 0.717) is 25.7 Å². The Morgan fingerprint density at radius 1 is 0.288 bits per heavy atom. The van der Waals surface area contributed by atoms with Gasteiger partial charge < -0.3 is 33.8 Å². The van der Waals surface area contributed by atoms with Gasteiger partial charge in [-0.25, -0.2) is 9.13 Å². The summed E-state index contributed by atoms with van der Waals surface area (Å²) in [6.45, 7) is 4.50. The molecule has 596 valence electrons. The van der Waals surface area contributed by atoms with E-state index in [2.05, 4.69) is 137 Å². The predicted octanol–water partition coefficient (Wildman–Crippen LogP) is 23.7. The van der Waals surface area contributed by atoms with Gasteiger partial charge in [0.05, 0.1) is 32.8 Å². The van der Waals surface area contributed by atoms with Crippen molar-refractivity contribution in [1.82, 2.24) is 0 Å². The van der Waals surface area contributed by atoms with E-state index in [1.165, 1.54) is 83.5 Å². The molecule has 17 nitrogen and oxygen atoms in total. The zero-order valence-electron chi connectivity index (χ0n) is 65.2. The molecule has 0 aliphatic carbocycles. The van der Waals surface area contributed by atoms with E-state index in [1.54, 1.807) is 12.2 Å². The molecule has 0 aromatic heterocycles. The Morgan fingerprint density at radius 3 is 0.875 bits per heavy atom. The fraction of sp³-hybridized carbons (Fsp3) is 0.694. The van der Waals surface area contributed by atoms with Crippen molar-refractivity contribution in [1.29, 1.82) is 0 Å². The minimum Gasteiger partial charge on any atom is -0.462 e. The molecule has 0 spiro atoms. The maximum Gasteiger partial charge on any atom is 0.472 e. The molecule has 5 atom stereocenters. The molecule has 104 heavy (non-hydrogen) atoms. The van der Waals surface area contributed by atoms with Crippen LogP contribution in [0.25, 0.3) is 0 Å². The maximum absolute atomic E-state index is 13.1. The number of hydrogen-bond donors (Lipinski definition) is 3. The summed E-state index contributed by atoms with van der Waals surface area (Å²) in [6.07, 6.45) is 86.0. The molecule has 0 fully saturated rings. The molecule has 0 amide bonds. The number of esters is 4. The second-order valence-corrected chi connectivity index (χ2v) is 29.5. The van der Waals surface area contributed by atoms with Crippen molar-refractivity contribution in [3.8, 4) is 0 Å². The number of aliphatic hydroxyl groups excluding tert-OH is 1. The Hall–Kier alpha value is -4.80. The lowest BCUT2D eigenvalue weighted by molar-refractivity contribution is -0.161. The molecule has 5 unspecified atom stereocenters. The first-order valence-corrected chi connectivity index (χ1v) is 43.4. The van der Waals surface area contributed by atoms with E-state index >= 15 is 0 Å². The van der Waals surface area contributed by atoms with Gasteiger partial charge in [-0.2, -0.15) is 0 Å². The predicted molar refractivity (Wildman–Crippen MR) is 427 cm³/mol. The van der Waals surface area contributed by atoms with Crippen LogP contribution in [0.3, 0.4) is 0 Å². The second kappa shape index (κ2) is 76.4. The minimum atomic E-state index is -5.01. The van der Waals surface area contributed by atoms with Crippen LogP contribution in [0.2, 0.25) is 0 Å². The molecule has 0 saturated carbocycles. The van der Waals surface area contributed by atoms with Gasteiger partial charge in [0.1, 0.15) is 19.3 Å². The quantitative estimate of drug-likeness (QED) is 0.0169. The molecule has 0 aromatic rings. The van der Waals surface area contributed by atoms with E-state index in [0.717, 1.165) is 161 Å². The Labute approximate surface area is 631 Å². The van der Waals surface area contributed by atoms with Crippen LogP contribution in [0.4, 0.5) is 0 Å². The highest BCUT2D eigenvalue weighted by atomic mass is 31.2. The Balaban J connectivity index is 5.43. The number of hydrogen-bond acceptors (Lipinski definition) is 15. The van der Waals surface area contributed by atoms with E-state index in [-0.39, 0.29) is 25.7 Å². The number of allylic oxidation sites excluding steroid dienone is 21. The molecule has 0 heterocycles. The third-order valence-electron chi connectivity index (χ3n) is 16.6. The summed E-state index contributed by atoms with van der Waals surface area (Å²) in [6, 6.07) is 0. The lowest BCUT2D eigenvalue weighted by atomic mass is 10.0.